The highest BCUT2D eigenvalue weighted by Gasteiger charge is 2.22. The number of thioether (sulfide) groups is 1. The Bertz CT molecular complexity index is 578. The summed E-state index contributed by atoms with van der Waals surface area (Å²) in [5.74, 6) is 1.15. The number of hydrogen-bond donors (Lipinski definition) is 1. The number of fused-ring (bicyclic) bond motifs is 1. The summed E-state index contributed by atoms with van der Waals surface area (Å²) >= 11 is 1.35. The second kappa shape index (κ2) is 5.87. The third-order valence-electron chi connectivity index (χ3n) is 3.66. The summed E-state index contributed by atoms with van der Waals surface area (Å²) in [6.45, 7) is 2.24. The molecule has 106 valence electrons. The van der Waals surface area contributed by atoms with E-state index in [9.17, 15) is 4.79 Å². The van der Waals surface area contributed by atoms with Crippen molar-refractivity contribution in [1.29, 1.82) is 0 Å². The van der Waals surface area contributed by atoms with Crippen LogP contribution >= 0.6 is 11.8 Å². The molecule has 20 heavy (non-hydrogen) atoms. The van der Waals surface area contributed by atoms with Crippen LogP contribution in [0.3, 0.4) is 0 Å². The van der Waals surface area contributed by atoms with E-state index in [0.29, 0.717) is 17.0 Å². The van der Waals surface area contributed by atoms with Crippen molar-refractivity contribution < 1.29 is 9.21 Å². The third kappa shape index (κ3) is 3.15. The average Bonchev–Trinajstić information content (AvgIpc) is 3.02. The van der Waals surface area contributed by atoms with Gasteiger partial charge in [-0.2, -0.15) is 0 Å². The molecular weight excluding hydrogens is 272 g/mol. The van der Waals surface area contributed by atoms with Gasteiger partial charge in [0.15, 0.2) is 5.58 Å². The molecular formula is C15H18N2O2S. The van der Waals surface area contributed by atoms with Crippen molar-refractivity contribution in [2.45, 2.75) is 37.5 Å². The van der Waals surface area contributed by atoms with Crippen LogP contribution < -0.4 is 5.32 Å². The summed E-state index contributed by atoms with van der Waals surface area (Å²) < 4.78 is 5.58. The number of oxazole rings is 1. The smallest absolute Gasteiger partial charge is 0.257 e. The minimum absolute atomic E-state index is 0.0661. The zero-order chi connectivity index (χ0) is 13.9. The molecule has 0 bridgehead atoms. The van der Waals surface area contributed by atoms with Crippen LogP contribution in [0.4, 0.5) is 0 Å². The SMILES string of the molecule is CC1CCC(NC(=O)CSc2nc3ccccc3o2)C1. The minimum atomic E-state index is 0.0661. The van der Waals surface area contributed by atoms with E-state index >= 15 is 0 Å². The summed E-state index contributed by atoms with van der Waals surface area (Å²) in [7, 11) is 0. The molecule has 1 N–H and O–H groups in total. The van der Waals surface area contributed by atoms with E-state index in [4.69, 9.17) is 4.42 Å². The van der Waals surface area contributed by atoms with Gasteiger partial charge in [0.2, 0.25) is 5.91 Å². The van der Waals surface area contributed by atoms with Crippen LogP contribution in [0.5, 0.6) is 0 Å². The number of amides is 1. The normalized spacial score (nSPS) is 22.2. The van der Waals surface area contributed by atoms with E-state index in [1.165, 1.54) is 18.2 Å². The largest absolute Gasteiger partial charge is 0.431 e. The fraction of sp³-hybridized carbons (Fsp3) is 0.467. The van der Waals surface area contributed by atoms with Gasteiger partial charge in [-0.3, -0.25) is 4.79 Å². The number of benzene rings is 1. The van der Waals surface area contributed by atoms with Gasteiger partial charge in [0.05, 0.1) is 5.75 Å². The van der Waals surface area contributed by atoms with Gasteiger partial charge < -0.3 is 9.73 Å². The highest BCUT2D eigenvalue weighted by Crippen LogP contribution is 2.25. The molecule has 1 aliphatic rings. The minimum Gasteiger partial charge on any atom is -0.431 e. The zero-order valence-corrected chi connectivity index (χ0v) is 12.3. The van der Waals surface area contributed by atoms with Crippen LogP contribution in [-0.4, -0.2) is 22.7 Å². The Morgan fingerprint density at radius 3 is 3.05 bits per heavy atom. The number of hydrogen-bond acceptors (Lipinski definition) is 4. The predicted octanol–water partition coefficient (Wildman–Crippen LogP) is 3.22. The molecule has 0 radical (unpaired) electrons. The maximum atomic E-state index is 11.9. The van der Waals surface area contributed by atoms with Crippen molar-refractivity contribution in [3.05, 3.63) is 24.3 Å². The van der Waals surface area contributed by atoms with E-state index in [2.05, 4.69) is 17.2 Å². The van der Waals surface area contributed by atoms with Gasteiger partial charge in [0.1, 0.15) is 5.52 Å². The number of aromatic nitrogens is 1. The molecule has 0 spiro atoms. The lowest BCUT2D eigenvalue weighted by Crippen LogP contribution is -2.34. The first-order valence-electron chi connectivity index (χ1n) is 6.98. The summed E-state index contributed by atoms with van der Waals surface area (Å²) in [6, 6.07) is 7.97. The van der Waals surface area contributed by atoms with Gasteiger partial charge in [-0.15, -0.1) is 0 Å². The van der Waals surface area contributed by atoms with Crippen LogP contribution in [0, 0.1) is 5.92 Å². The zero-order valence-electron chi connectivity index (χ0n) is 11.5. The van der Waals surface area contributed by atoms with Crippen LogP contribution in [-0.2, 0) is 4.79 Å². The number of carbonyl (C=O) groups excluding carboxylic acids is 1. The average molecular weight is 290 g/mol. The number of carbonyl (C=O) groups is 1. The molecule has 1 fully saturated rings. The van der Waals surface area contributed by atoms with Crippen molar-refractivity contribution in [2.24, 2.45) is 5.92 Å². The van der Waals surface area contributed by atoms with Gasteiger partial charge in [-0.1, -0.05) is 30.8 Å². The van der Waals surface area contributed by atoms with Crippen molar-refractivity contribution in [2.75, 3.05) is 5.75 Å². The highest BCUT2D eigenvalue weighted by atomic mass is 32.2. The number of nitrogens with zero attached hydrogens (tertiary/aromatic N) is 1. The molecule has 2 aromatic rings. The van der Waals surface area contributed by atoms with E-state index in [-0.39, 0.29) is 5.91 Å². The molecule has 3 rings (SSSR count). The van der Waals surface area contributed by atoms with E-state index in [1.807, 2.05) is 24.3 Å². The Morgan fingerprint density at radius 1 is 1.45 bits per heavy atom. The first-order chi connectivity index (χ1) is 9.70. The molecule has 1 amide bonds. The van der Waals surface area contributed by atoms with Gasteiger partial charge in [-0.25, -0.2) is 4.98 Å². The number of rotatable bonds is 4. The van der Waals surface area contributed by atoms with Gasteiger partial charge in [0, 0.05) is 6.04 Å². The van der Waals surface area contributed by atoms with Gasteiger partial charge in [0.25, 0.3) is 5.22 Å². The Kier molecular flexibility index (Phi) is 3.96. The number of nitrogens with one attached hydrogen (secondary N) is 1. The van der Waals surface area contributed by atoms with E-state index < -0.39 is 0 Å². The first-order valence-corrected chi connectivity index (χ1v) is 7.97. The molecule has 1 heterocycles. The van der Waals surface area contributed by atoms with Crippen molar-refractivity contribution in [3.8, 4) is 0 Å². The summed E-state index contributed by atoms with van der Waals surface area (Å²) in [6.07, 6.45) is 3.41. The van der Waals surface area contributed by atoms with Crippen LogP contribution in [0.1, 0.15) is 26.2 Å². The van der Waals surface area contributed by atoms with Crippen LogP contribution in [0.15, 0.2) is 33.9 Å². The molecule has 1 aromatic carbocycles. The predicted molar refractivity (Wildman–Crippen MR) is 79.7 cm³/mol. The Morgan fingerprint density at radius 2 is 2.30 bits per heavy atom. The summed E-state index contributed by atoms with van der Waals surface area (Å²) in [4.78, 5) is 16.2. The molecule has 1 saturated carbocycles. The Hall–Kier alpha value is -1.49. The van der Waals surface area contributed by atoms with Gasteiger partial charge in [-0.05, 0) is 37.3 Å². The Balaban J connectivity index is 1.52. The van der Waals surface area contributed by atoms with E-state index in [0.717, 1.165) is 29.9 Å². The molecule has 4 nitrogen and oxygen atoms in total. The van der Waals surface area contributed by atoms with Gasteiger partial charge >= 0.3 is 0 Å². The standard InChI is InChI=1S/C15H18N2O2S/c1-10-6-7-11(8-10)16-14(18)9-20-15-17-12-4-2-3-5-13(12)19-15/h2-5,10-11H,6-9H2,1H3,(H,16,18). The molecule has 2 atom stereocenters. The molecule has 0 saturated heterocycles. The molecule has 1 aromatic heterocycles. The van der Waals surface area contributed by atoms with Crippen LogP contribution in [0.2, 0.25) is 0 Å². The second-order valence-electron chi connectivity index (χ2n) is 5.42. The molecule has 5 heteroatoms. The Labute approximate surface area is 122 Å². The third-order valence-corrected chi connectivity index (χ3v) is 4.49. The second-order valence-corrected chi connectivity index (χ2v) is 6.35. The molecule has 1 aliphatic carbocycles. The van der Waals surface area contributed by atoms with Crippen molar-refractivity contribution >= 4 is 28.8 Å². The lowest BCUT2D eigenvalue weighted by atomic mass is 10.1. The van der Waals surface area contributed by atoms with Crippen LogP contribution in [0.25, 0.3) is 11.1 Å². The monoisotopic (exact) mass is 290 g/mol. The highest BCUT2D eigenvalue weighted by molar-refractivity contribution is 7.99. The quantitative estimate of drug-likeness (QED) is 0.878. The fourth-order valence-electron chi connectivity index (χ4n) is 2.65. The van der Waals surface area contributed by atoms with Crippen molar-refractivity contribution in [3.63, 3.8) is 0 Å². The fourth-order valence-corrected chi connectivity index (χ4v) is 3.30. The maximum absolute atomic E-state index is 11.9. The lowest BCUT2D eigenvalue weighted by Gasteiger charge is -2.11. The molecule has 2 unspecified atom stereocenters. The number of para-hydroxylation sites is 2. The van der Waals surface area contributed by atoms with E-state index in [1.54, 1.807) is 0 Å². The first kappa shape index (κ1) is 13.5. The summed E-state index contributed by atoms with van der Waals surface area (Å²) in [5, 5.41) is 3.64. The summed E-state index contributed by atoms with van der Waals surface area (Å²) in [5.41, 5.74) is 1.60. The topological polar surface area (TPSA) is 55.1 Å². The molecule has 0 aliphatic heterocycles. The van der Waals surface area contributed by atoms with Crippen molar-refractivity contribution in [1.82, 2.24) is 10.3 Å². The lowest BCUT2D eigenvalue weighted by molar-refractivity contribution is -0.119. The maximum Gasteiger partial charge on any atom is 0.257 e.